The van der Waals surface area contributed by atoms with Crippen molar-refractivity contribution >= 4 is 43.6 Å². The van der Waals surface area contributed by atoms with Gasteiger partial charge in [0.15, 0.2) is 0 Å². The minimum atomic E-state index is -0.0808. The molecule has 0 fully saturated rings. The van der Waals surface area contributed by atoms with Gasteiger partial charge >= 0.3 is 0 Å². The van der Waals surface area contributed by atoms with Crippen molar-refractivity contribution in [3.8, 4) is 50.6 Å². The molecule has 3 aromatic heterocycles. The lowest BCUT2D eigenvalue weighted by Gasteiger charge is -2.21. The van der Waals surface area contributed by atoms with E-state index in [9.17, 15) is 0 Å². The van der Waals surface area contributed by atoms with Crippen molar-refractivity contribution in [2.75, 3.05) is 0 Å². The molecule has 0 saturated heterocycles. The Hall–Kier alpha value is -6.78. The van der Waals surface area contributed by atoms with Gasteiger partial charge in [-0.2, -0.15) is 0 Å². The summed E-state index contributed by atoms with van der Waals surface area (Å²) in [5.74, 6) is 0.899. The molecule has 0 aliphatic heterocycles. The van der Waals surface area contributed by atoms with Crippen molar-refractivity contribution < 1.29 is 0 Å². The SMILES string of the molecule is CC(C)(C)c1cc(-c2nc3c(-c4cccc(-c5cc6ccccc6cn5)c4)cccc3n2-c2ccccc2-c2ccccc2)c2[nH]c3ccccc3c2c1. The van der Waals surface area contributed by atoms with E-state index in [2.05, 4.69) is 194 Å². The predicted molar refractivity (Wildman–Crippen MR) is 226 cm³/mol. The Morgan fingerprint density at radius 1 is 0.537 bits per heavy atom. The highest BCUT2D eigenvalue weighted by atomic mass is 15.1. The average Bonchev–Trinajstić information content (AvgIpc) is 3.79. The second-order valence-electron chi connectivity index (χ2n) is 15.2. The summed E-state index contributed by atoms with van der Waals surface area (Å²) in [5, 5.41) is 4.73. The first-order chi connectivity index (χ1) is 26.4. The maximum Gasteiger partial charge on any atom is 0.147 e. The molecular formula is C50H38N4. The van der Waals surface area contributed by atoms with Crippen LogP contribution in [0.15, 0.2) is 170 Å². The number of hydrogen-bond donors (Lipinski definition) is 1. The highest BCUT2D eigenvalue weighted by molar-refractivity contribution is 6.12. The van der Waals surface area contributed by atoms with Crippen molar-refractivity contribution in [2.24, 2.45) is 0 Å². The highest BCUT2D eigenvalue weighted by Gasteiger charge is 2.25. The monoisotopic (exact) mass is 694 g/mol. The third-order valence-electron chi connectivity index (χ3n) is 10.7. The molecule has 0 atom stereocenters. The van der Waals surface area contributed by atoms with Crippen molar-refractivity contribution in [3.63, 3.8) is 0 Å². The molecule has 1 N–H and O–H groups in total. The largest absolute Gasteiger partial charge is 0.354 e. The van der Waals surface area contributed by atoms with Gasteiger partial charge in [0.25, 0.3) is 0 Å². The number of fused-ring (bicyclic) bond motifs is 5. The van der Waals surface area contributed by atoms with Gasteiger partial charge in [-0.3, -0.25) is 9.55 Å². The van der Waals surface area contributed by atoms with Crippen LogP contribution in [0.1, 0.15) is 26.3 Å². The normalized spacial score (nSPS) is 12.0. The Bertz CT molecular complexity index is 3030. The first-order valence-corrected chi connectivity index (χ1v) is 18.6. The molecule has 10 aromatic rings. The Morgan fingerprint density at radius 3 is 2.11 bits per heavy atom. The Balaban J connectivity index is 1.27. The van der Waals surface area contributed by atoms with Crippen LogP contribution in [-0.4, -0.2) is 19.5 Å². The third-order valence-corrected chi connectivity index (χ3v) is 10.7. The second kappa shape index (κ2) is 12.4. The number of imidazole rings is 1. The molecule has 4 nitrogen and oxygen atoms in total. The molecule has 0 radical (unpaired) electrons. The summed E-state index contributed by atoms with van der Waals surface area (Å²) >= 11 is 0. The molecule has 0 aliphatic rings. The zero-order chi connectivity index (χ0) is 36.4. The van der Waals surface area contributed by atoms with Crippen LogP contribution in [0.3, 0.4) is 0 Å². The molecule has 0 amide bonds. The molecule has 10 rings (SSSR count). The van der Waals surface area contributed by atoms with Gasteiger partial charge in [0.1, 0.15) is 5.82 Å². The van der Waals surface area contributed by atoms with Gasteiger partial charge in [-0.1, -0.05) is 142 Å². The Kier molecular flexibility index (Phi) is 7.34. The summed E-state index contributed by atoms with van der Waals surface area (Å²) < 4.78 is 2.38. The standard InChI is InChI=1S/C50H38N4/c1-50(2,3)37-29-41-40-22-9-11-24-43(40)52-47(41)42(30-37)49-53-48-39(34-19-13-20-35(27-34)44-28-33-17-7-8-18-36(33)31-51-44)23-14-26-46(48)54(49)45-25-12-10-21-38(45)32-15-5-4-6-16-32/h4-31,52H,1-3H3. The van der Waals surface area contributed by atoms with Gasteiger partial charge in [-0.25, -0.2) is 4.98 Å². The first-order valence-electron chi connectivity index (χ1n) is 18.6. The van der Waals surface area contributed by atoms with Gasteiger partial charge in [-0.05, 0) is 70.0 Å². The van der Waals surface area contributed by atoms with Crippen LogP contribution < -0.4 is 0 Å². The summed E-state index contributed by atoms with van der Waals surface area (Å²) in [7, 11) is 0. The van der Waals surface area contributed by atoms with Crippen molar-refractivity contribution in [2.45, 2.75) is 26.2 Å². The van der Waals surface area contributed by atoms with Crippen molar-refractivity contribution in [1.29, 1.82) is 0 Å². The van der Waals surface area contributed by atoms with E-state index in [1.54, 1.807) is 0 Å². The number of aromatic amines is 1. The molecular weight excluding hydrogens is 657 g/mol. The van der Waals surface area contributed by atoms with Crippen LogP contribution in [0, 0.1) is 0 Å². The van der Waals surface area contributed by atoms with E-state index in [4.69, 9.17) is 9.97 Å². The van der Waals surface area contributed by atoms with Crippen LogP contribution in [0.2, 0.25) is 0 Å². The van der Waals surface area contributed by atoms with Crippen LogP contribution in [0.4, 0.5) is 0 Å². The van der Waals surface area contributed by atoms with E-state index in [0.717, 1.165) is 78.0 Å². The number of aromatic nitrogens is 4. The number of H-pyrrole nitrogens is 1. The second-order valence-corrected chi connectivity index (χ2v) is 15.2. The minimum absolute atomic E-state index is 0.0808. The summed E-state index contributed by atoms with van der Waals surface area (Å²) in [6.07, 6.45) is 1.96. The number of hydrogen-bond acceptors (Lipinski definition) is 2. The lowest BCUT2D eigenvalue weighted by Crippen LogP contribution is -2.11. The molecule has 3 heterocycles. The van der Waals surface area contributed by atoms with E-state index >= 15 is 0 Å². The van der Waals surface area contributed by atoms with Crippen LogP contribution in [0.25, 0.3) is 94.2 Å². The zero-order valence-electron chi connectivity index (χ0n) is 30.5. The fourth-order valence-electron chi connectivity index (χ4n) is 7.93. The molecule has 0 saturated carbocycles. The quantitative estimate of drug-likeness (QED) is 0.195. The number of benzene rings is 7. The highest BCUT2D eigenvalue weighted by Crippen LogP contribution is 2.42. The molecule has 54 heavy (non-hydrogen) atoms. The van der Waals surface area contributed by atoms with Crippen molar-refractivity contribution in [3.05, 3.63) is 176 Å². The predicted octanol–water partition coefficient (Wildman–Crippen LogP) is 13.2. The number of nitrogens with one attached hydrogen (secondary N) is 1. The molecule has 0 bridgehead atoms. The van der Waals surface area contributed by atoms with Gasteiger partial charge in [0.05, 0.1) is 27.9 Å². The zero-order valence-corrected chi connectivity index (χ0v) is 30.5. The lowest BCUT2D eigenvalue weighted by molar-refractivity contribution is 0.591. The smallest absolute Gasteiger partial charge is 0.147 e. The molecule has 0 aliphatic carbocycles. The molecule has 0 unspecified atom stereocenters. The summed E-state index contributed by atoms with van der Waals surface area (Å²) in [6.45, 7) is 6.86. The molecule has 4 heteroatoms. The maximum atomic E-state index is 5.68. The molecule has 7 aromatic carbocycles. The lowest BCUT2D eigenvalue weighted by atomic mass is 9.85. The van der Waals surface area contributed by atoms with E-state index in [0.29, 0.717) is 0 Å². The Labute approximate surface area is 314 Å². The van der Waals surface area contributed by atoms with Gasteiger partial charge < -0.3 is 4.98 Å². The van der Waals surface area contributed by atoms with E-state index < -0.39 is 0 Å². The maximum absolute atomic E-state index is 5.68. The summed E-state index contributed by atoms with van der Waals surface area (Å²) in [5.41, 5.74) is 14.0. The van der Waals surface area contributed by atoms with Crippen LogP contribution >= 0.6 is 0 Å². The molecule has 258 valence electrons. The van der Waals surface area contributed by atoms with Gasteiger partial charge in [-0.15, -0.1) is 0 Å². The average molecular weight is 695 g/mol. The first kappa shape index (κ1) is 31.9. The Morgan fingerprint density at radius 2 is 1.24 bits per heavy atom. The van der Waals surface area contributed by atoms with Crippen LogP contribution in [0.5, 0.6) is 0 Å². The topological polar surface area (TPSA) is 46.5 Å². The number of para-hydroxylation sites is 3. The summed E-state index contributed by atoms with van der Waals surface area (Å²) in [6, 6.07) is 58.5. The van der Waals surface area contributed by atoms with Crippen LogP contribution in [-0.2, 0) is 5.41 Å². The van der Waals surface area contributed by atoms with Gasteiger partial charge in [0, 0.05) is 50.1 Å². The number of nitrogens with zero attached hydrogens (tertiary/aromatic N) is 3. The van der Waals surface area contributed by atoms with Crippen molar-refractivity contribution in [1.82, 2.24) is 19.5 Å². The minimum Gasteiger partial charge on any atom is -0.354 e. The number of pyridine rings is 1. The fraction of sp³-hybridized carbons (Fsp3) is 0.0800. The molecule has 0 spiro atoms. The van der Waals surface area contributed by atoms with Gasteiger partial charge in [0.2, 0.25) is 0 Å². The van der Waals surface area contributed by atoms with E-state index in [1.807, 2.05) is 6.20 Å². The van der Waals surface area contributed by atoms with E-state index in [1.165, 1.54) is 21.7 Å². The third kappa shape index (κ3) is 5.30. The summed E-state index contributed by atoms with van der Waals surface area (Å²) in [4.78, 5) is 14.4. The van der Waals surface area contributed by atoms with E-state index in [-0.39, 0.29) is 5.41 Å². The fourth-order valence-corrected chi connectivity index (χ4v) is 7.93. The number of rotatable bonds is 5.